The van der Waals surface area contributed by atoms with Gasteiger partial charge in [0.2, 0.25) is 0 Å². The number of hydrogen-bond donors (Lipinski definition) is 1. The fourth-order valence-electron chi connectivity index (χ4n) is 3.30. The molecule has 116 valence electrons. The summed E-state index contributed by atoms with van der Waals surface area (Å²) in [5.41, 5.74) is 0.704. The van der Waals surface area contributed by atoms with Crippen molar-refractivity contribution in [2.45, 2.75) is 50.4 Å². The van der Waals surface area contributed by atoms with Crippen molar-refractivity contribution in [2.24, 2.45) is 5.92 Å². The Bertz CT molecular complexity index is 485. The Balaban J connectivity index is 1.74. The molecule has 1 aromatic rings. The summed E-state index contributed by atoms with van der Waals surface area (Å²) in [5.74, 6) is 0.534. The Morgan fingerprint density at radius 3 is 2.57 bits per heavy atom. The van der Waals surface area contributed by atoms with Gasteiger partial charge in [-0.15, -0.1) is 13.2 Å². The molecule has 0 aliphatic heterocycles. The molecule has 2 saturated carbocycles. The predicted molar refractivity (Wildman–Crippen MR) is 74.2 cm³/mol. The lowest BCUT2D eigenvalue weighted by atomic mass is 9.88. The van der Waals surface area contributed by atoms with Gasteiger partial charge >= 0.3 is 6.36 Å². The normalized spacial score (nSPS) is 26.0. The fraction of sp³-hybridized carbons (Fsp3) is 0.625. The molecule has 2 unspecified atom stereocenters. The molecule has 0 radical (unpaired) electrons. The van der Waals surface area contributed by atoms with Crippen LogP contribution in [0.2, 0.25) is 0 Å². The van der Waals surface area contributed by atoms with E-state index in [0.29, 0.717) is 17.5 Å². The smallest absolute Gasteiger partial charge is 0.405 e. The van der Waals surface area contributed by atoms with Gasteiger partial charge in [0.15, 0.2) is 0 Å². The Morgan fingerprint density at radius 2 is 1.86 bits per heavy atom. The third-order valence-corrected chi connectivity index (χ3v) is 4.45. The van der Waals surface area contributed by atoms with Crippen molar-refractivity contribution in [3.63, 3.8) is 0 Å². The molecular formula is C16H20F3NO. The lowest BCUT2D eigenvalue weighted by Crippen LogP contribution is -2.26. The van der Waals surface area contributed by atoms with Gasteiger partial charge in [-0.1, -0.05) is 24.6 Å². The standard InChI is InChI=1S/C16H20F3NO/c17-16(18,19)21-15-7-2-1-5-14(15)13-6-3-4-11(13)10-20-12-8-9-12/h1-2,5,7,11-13,20H,3-4,6,8-10H2. The molecule has 0 amide bonds. The number of halogens is 3. The van der Waals surface area contributed by atoms with Crippen molar-refractivity contribution in [3.05, 3.63) is 29.8 Å². The maximum Gasteiger partial charge on any atom is 0.573 e. The summed E-state index contributed by atoms with van der Waals surface area (Å²) in [5, 5.41) is 3.50. The minimum absolute atomic E-state index is 0.0340. The maximum absolute atomic E-state index is 12.5. The van der Waals surface area contributed by atoms with Crippen molar-refractivity contribution in [3.8, 4) is 5.75 Å². The summed E-state index contributed by atoms with van der Waals surface area (Å²) < 4.78 is 41.8. The second-order valence-electron chi connectivity index (χ2n) is 6.07. The highest BCUT2D eigenvalue weighted by Gasteiger charge is 2.36. The Kier molecular flexibility index (Phi) is 4.11. The number of hydrogen-bond acceptors (Lipinski definition) is 2. The van der Waals surface area contributed by atoms with Gasteiger partial charge in [0, 0.05) is 6.04 Å². The Morgan fingerprint density at radius 1 is 1.10 bits per heavy atom. The number of para-hydroxylation sites is 1. The minimum Gasteiger partial charge on any atom is -0.405 e. The third-order valence-electron chi connectivity index (χ3n) is 4.45. The predicted octanol–water partition coefficient (Wildman–Crippen LogP) is 4.22. The van der Waals surface area contributed by atoms with E-state index >= 15 is 0 Å². The van der Waals surface area contributed by atoms with Crippen LogP contribution in [0, 0.1) is 5.92 Å². The highest BCUT2D eigenvalue weighted by Crippen LogP contribution is 2.44. The van der Waals surface area contributed by atoms with E-state index in [9.17, 15) is 13.2 Å². The quantitative estimate of drug-likeness (QED) is 0.879. The van der Waals surface area contributed by atoms with Gasteiger partial charge in [-0.05, 0) is 55.7 Å². The highest BCUT2D eigenvalue weighted by atomic mass is 19.4. The van der Waals surface area contributed by atoms with Crippen LogP contribution in [0.3, 0.4) is 0 Å². The average Bonchev–Trinajstić information content (AvgIpc) is 3.13. The van der Waals surface area contributed by atoms with Crippen LogP contribution in [0.4, 0.5) is 13.2 Å². The molecule has 1 N–H and O–H groups in total. The first-order valence-corrected chi connectivity index (χ1v) is 7.61. The Hall–Kier alpha value is -1.23. The van der Waals surface area contributed by atoms with E-state index in [-0.39, 0.29) is 11.7 Å². The summed E-state index contributed by atoms with van der Waals surface area (Å²) in [7, 11) is 0. The zero-order valence-corrected chi connectivity index (χ0v) is 11.8. The van der Waals surface area contributed by atoms with Crippen LogP contribution in [0.15, 0.2) is 24.3 Å². The molecule has 0 aromatic heterocycles. The molecule has 2 nitrogen and oxygen atoms in total. The fourth-order valence-corrected chi connectivity index (χ4v) is 3.30. The number of benzene rings is 1. The van der Waals surface area contributed by atoms with Gasteiger partial charge < -0.3 is 10.1 Å². The average molecular weight is 299 g/mol. The molecule has 0 spiro atoms. The van der Waals surface area contributed by atoms with E-state index < -0.39 is 6.36 Å². The highest BCUT2D eigenvalue weighted by molar-refractivity contribution is 5.37. The van der Waals surface area contributed by atoms with Crippen molar-refractivity contribution in [1.29, 1.82) is 0 Å². The number of nitrogens with one attached hydrogen (secondary N) is 1. The molecule has 2 fully saturated rings. The van der Waals surface area contributed by atoms with E-state index in [1.807, 2.05) is 0 Å². The maximum atomic E-state index is 12.5. The summed E-state index contributed by atoms with van der Waals surface area (Å²) >= 11 is 0. The zero-order valence-electron chi connectivity index (χ0n) is 11.8. The second kappa shape index (κ2) is 5.87. The first kappa shape index (κ1) is 14.7. The van der Waals surface area contributed by atoms with E-state index in [1.54, 1.807) is 18.2 Å². The van der Waals surface area contributed by atoms with Crippen LogP contribution in [0.5, 0.6) is 5.75 Å². The van der Waals surface area contributed by atoms with Gasteiger partial charge in [0.1, 0.15) is 5.75 Å². The molecule has 2 aliphatic rings. The van der Waals surface area contributed by atoms with Gasteiger partial charge in [-0.2, -0.15) is 0 Å². The SMILES string of the molecule is FC(F)(F)Oc1ccccc1C1CCCC1CNC1CC1. The summed E-state index contributed by atoms with van der Waals surface area (Å²) in [6.45, 7) is 0.898. The topological polar surface area (TPSA) is 21.3 Å². The van der Waals surface area contributed by atoms with E-state index in [4.69, 9.17) is 0 Å². The molecule has 1 aromatic carbocycles. The molecule has 0 bridgehead atoms. The van der Waals surface area contributed by atoms with E-state index in [1.165, 1.54) is 18.9 Å². The summed E-state index contributed by atoms with van der Waals surface area (Å²) in [6, 6.07) is 7.22. The van der Waals surface area contributed by atoms with Gasteiger partial charge in [0.05, 0.1) is 0 Å². The molecule has 5 heteroatoms. The van der Waals surface area contributed by atoms with E-state index in [0.717, 1.165) is 25.8 Å². The van der Waals surface area contributed by atoms with Crippen LogP contribution in [-0.2, 0) is 0 Å². The van der Waals surface area contributed by atoms with Crippen LogP contribution < -0.4 is 10.1 Å². The first-order chi connectivity index (χ1) is 10.0. The molecule has 0 heterocycles. The minimum atomic E-state index is -4.63. The second-order valence-corrected chi connectivity index (χ2v) is 6.07. The Labute approximate surface area is 122 Å². The van der Waals surface area contributed by atoms with Crippen LogP contribution in [0.25, 0.3) is 0 Å². The van der Waals surface area contributed by atoms with Crippen LogP contribution in [-0.4, -0.2) is 18.9 Å². The van der Waals surface area contributed by atoms with Crippen LogP contribution in [0.1, 0.15) is 43.6 Å². The van der Waals surface area contributed by atoms with Gasteiger partial charge in [0.25, 0.3) is 0 Å². The molecular weight excluding hydrogens is 279 g/mol. The number of ether oxygens (including phenoxy) is 1. The lowest BCUT2D eigenvalue weighted by molar-refractivity contribution is -0.275. The molecule has 2 aliphatic carbocycles. The number of rotatable bonds is 5. The first-order valence-electron chi connectivity index (χ1n) is 7.61. The number of alkyl halides is 3. The largest absolute Gasteiger partial charge is 0.573 e. The summed E-state index contributed by atoms with van der Waals surface area (Å²) in [4.78, 5) is 0. The van der Waals surface area contributed by atoms with Gasteiger partial charge in [-0.3, -0.25) is 0 Å². The van der Waals surface area contributed by atoms with Crippen LogP contribution >= 0.6 is 0 Å². The van der Waals surface area contributed by atoms with Gasteiger partial charge in [-0.25, -0.2) is 0 Å². The zero-order chi connectivity index (χ0) is 14.9. The molecule has 2 atom stereocenters. The lowest BCUT2D eigenvalue weighted by Gasteiger charge is -2.23. The molecule has 3 rings (SSSR count). The molecule has 21 heavy (non-hydrogen) atoms. The monoisotopic (exact) mass is 299 g/mol. The van der Waals surface area contributed by atoms with Crippen molar-refractivity contribution in [2.75, 3.05) is 6.54 Å². The van der Waals surface area contributed by atoms with E-state index in [2.05, 4.69) is 10.1 Å². The molecule has 0 saturated heterocycles. The van der Waals surface area contributed by atoms with Crippen molar-refractivity contribution in [1.82, 2.24) is 5.32 Å². The van der Waals surface area contributed by atoms with Crippen molar-refractivity contribution < 1.29 is 17.9 Å². The summed E-state index contributed by atoms with van der Waals surface area (Å²) in [6.07, 6.45) is 0.912. The third kappa shape index (κ3) is 3.90. The van der Waals surface area contributed by atoms with Crippen molar-refractivity contribution >= 4 is 0 Å².